The maximum absolute atomic E-state index is 12.6. The van der Waals surface area contributed by atoms with Crippen LogP contribution in [0.5, 0.6) is 0 Å². The first-order valence-corrected chi connectivity index (χ1v) is 9.34. The second kappa shape index (κ2) is 7.37. The maximum Gasteiger partial charge on any atom is 0.282 e. The highest BCUT2D eigenvalue weighted by atomic mass is 32.2. The molecule has 0 aliphatic carbocycles. The van der Waals surface area contributed by atoms with Gasteiger partial charge in [-0.2, -0.15) is 17.0 Å². The molecule has 124 valence electrons. The zero-order valence-electron chi connectivity index (χ0n) is 13.4. The molecule has 1 N–H and O–H groups in total. The van der Waals surface area contributed by atoms with Crippen molar-refractivity contribution in [2.45, 2.75) is 45.3 Å². The van der Waals surface area contributed by atoms with Gasteiger partial charge in [0, 0.05) is 39.3 Å². The number of piperidine rings is 1. The maximum atomic E-state index is 12.6. The fourth-order valence-corrected chi connectivity index (χ4v) is 4.70. The minimum atomic E-state index is -3.29. The summed E-state index contributed by atoms with van der Waals surface area (Å²) in [6, 6.07) is 0.488. The van der Waals surface area contributed by atoms with Crippen LogP contribution in [-0.4, -0.2) is 69.0 Å². The number of hydrogen-bond donors (Lipinski definition) is 1. The lowest BCUT2D eigenvalue weighted by atomic mass is 9.98. The van der Waals surface area contributed by atoms with E-state index in [4.69, 9.17) is 4.74 Å². The lowest BCUT2D eigenvalue weighted by molar-refractivity contribution is 0.114. The molecule has 0 spiro atoms. The fraction of sp³-hybridized carbons (Fsp3) is 1.00. The third kappa shape index (κ3) is 4.39. The highest BCUT2D eigenvalue weighted by Crippen LogP contribution is 2.24. The zero-order chi connectivity index (χ0) is 15.5. The van der Waals surface area contributed by atoms with E-state index < -0.39 is 10.2 Å². The summed E-state index contributed by atoms with van der Waals surface area (Å²) in [5.41, 5.74) is 0. The molecule has 0 bridgehead atoms. The number of nitrogens with one attached hydrogen (secondary N) is 1. The molecule has 0 aromatic rings. The SMILES string of the molecule is COC1CCN(S(=O)(=O)N2CCC(CNC(C)C)CC2)C1. The second-order valence-corrected chi connectivity index (χ2v) is 8.35. The van der Waals surface area contributed by atoms with Crippen LogP contribution >= 0.6 is 0 Å². The van der Waals surface area contributed by atoms with Gasteiger partial charge >= 0.3 is 0 Å². The van der Waals surface area contributed by atoms with Crippen LogP contribution in [0.4, 0.5) is 0 Å². The number of rotatable bonds is 6. The van der Waals surface area contributed by atoms with E-state index in [1.807, 2.05) is 0 Å². The van der Waals surface area contributed by atoms with Crippen LogP contribution < -0.4 is 5.32 Å². The molecule has 2 rings (SSSR count). The summed E-state index contributed by atoms with van der Waals surface area (Å²) < 4.78 is 33.7. The summed E-state index contributed by atoms with van der Waals surface area (Å²) >= 11 is 0. The van der Waals surface area contributed by atoms with Crippen molar-refractivity contribution in [3.63, 3.8) is 0 Å². The first kappa shape index (κ1) is 17.1. The summed E-state index contributed by atoms with van der Waals surface area (Å²) in [6.07, 6.45) is 2.73. The Hall–Kier alpha value is -0.210. The van der Waals surface area contributed by atoms with Gasteiger partial charge in [0.15, 0.2) is 0 Å². The molecule has 1 atom stereocenters. The Kier molecular flexibility index (Phi) is 6.02. The van der Waals surface area contributed by atoms with E-state index in [1.165, 1.54) is 0 Å². The molecular weight excluding hydrogens is 290 g/mol. The van der Waals surface area contributed by atoms with Crippen LogP contribution in [0.15, 0.2) is 0 Å². The molecule has 1 unspecified atom stereocenters. The topological polar surface area (TPSA) is 61.9 Å². The molecule has 2 heterocycles. The Bertz CT molecular complexity index is 419. The van der Waals surface area contributed by atoms with E-state index in [0.717, 1.165) is 25.8 Å². The average Bonchev–Trinajstić information content (AvgIpc) is 2.95. The van der Waals surface area contributed by atoms with Crippen molar-refractivity contribution in [1.29, 1.82) is 0 Å². The Balaban J connectivity index is 1.83. The molecule has 0 amide bonds. The molecule has 2 aliphatic rings. The molecule has 6 nitrogen and oxygen atoms in total. The van der Waals surface area contributed by atoms with E-state index in [0.29, 0.717) is 38.1 Å². The quantitative estimate of drug-likeness (QED) is 0.781. The van der Waals surface area contributed by atoms with E-state index >= 15 is 0 Å². The van der Waals surface area contributed by atoms with Crippen molar-refractivity contribution in [2.24, 2.45) is 5.92 Å². The Morgan fingerprint density at radius 1 is 1.14 bits per heavy atom. The summed E-state index contributed by atoms with van der Waals surface area (Å²) in [5, 5.41) is 3.44. The highest BCUT2D eigenvalue weighted by molar-refractivity contribution is 7.86. The Morgan fingerprint density at radius 2 is 1.76 bits per heavy atom. The standard InChI is InChI=1S/C14H29N3O3S/c1-12(2)15-10-13-4-7-16(8-5-13)21(18,19)17-9-6-14(11-17)20-3/h12-15H,4-11H2,1-3H3. The third-order valence-corrected chi connectivity index (χ3v) is 6.48. The van der Waals surface area contributed by atoms with Gasteiger partial charge in [-0.1, -0.05) is 13.8 Å². The van der Waals surface area contributed by atoms with Crippen LogP contribution in [-0.2, 0) is 14.9 Å². The Morgan fingerprint density at radius 3 is 2.29 bits per heavy atom. The first-order valence-electron chi connectivity index (χ1n) is 7.95. The first-order chi connectivity index (χ1) is 9.93. The van der Waals surface area contributed by atoms with Crippen LogP contribution in [0.2, 0.25) is 0 Å². The normalized spacial score (nSPS) is 26.8. The van der Waals surface area contributed by atoms with Crippen molar-refractivity contribution >= 4 is 10.2 Å². The minimum Gasteiger partial charge on any atom is -0.380 e. The molecule has 0 radical (unpaired) electrons. The lowest BCUT2D eigenvalue weighted by Gasteiger charge is -2.34. The van der Waals surface area contributed by atoms with E-state index in [2.05, 4.69) is 19.2 Å². The van der Waals surface area contributed by atoms with Gasteiger partial charge in [0.2, 0.25) is 0 Å². The van der Waals surface area contributed by atoms with Gasteiger partial charge in [-0.05, 0) is 31.7 Å². The highest BCUT2D eigenvalue weighted by Gasteiger charge is 2.37. The molecule has 21 heavy (non-hydrogen) atoms. The van der Waals surface area contributed by atoms with Crippen molar-refractivity contribution in [2.75, 3.05) is 39.8 Å². The zero-order valence-corrected chi connectivity index (χ0v) is 14.2. The van der Waals surface area contributed by atoms with Gasteiger partial charge in [0.1, 0.15) is 0 Å². The van der Waals surface area contributed by atoms with Gasteiger partial charge in [-0.25, -0.2) is 0 Å². The van der Waals surface area contributed by atoms with E-state index in [9.17, 15) is 8.42 Å². The molecule has 0 saturated carbocycles. The monoisotopic (exact) mass is 319 g/mol. The third-order valence-electron chi connectivity index (χ3n) is 4.48. The molecule has 2 saturated heterocycles. The number of ether oxygens (including phenoxy) is 1. The van der Waals surface area contributed by atoms with Gasteiger partial charge in [0.25, 0.3) is 10.2 Å². The lowest BCUT2D eigenvalue weighted by Crippen LogP contribution is -2.47. The van der Waals surface area contributed by atoms with Crippen LogP contribution in [0.3, 0.4) is 0 Å². The summed E-state index contributed by atoms with van der Waals surface area (Å²) in [5.74, 6) is 0.587. The number of hydrogen-bond acceptors (Lipinski definition) is 4. The van der Waals surface area contributed by atoms with Crippen molar-refractivity contribution < 1.29 is 13.2 Å². The molecule has 0 aromatic heterocycles. The molecule has 2 fully saturated rings. The minimum absolute atomic E-state index is 0.0487. The van der Waals surface area contributed by atoms with Crippen molar-refractivity contribution in [3.8, 4) is 0 Å². The fourth-order valence-electron chi connectivity index (χ4n) is 3.01. The van der Waals surface area contributed by atoms with Crippen molar-refractivity contribution in [3.05, 3.63) is 0 Å². The van der Waals surface area contributed by atoms with Gasteiger partial charge in [-0.15, -0.1) is 0 Å². The number of methoxy groups -OCH3 is 1. The van der Waals surface area contributed by atoms with Gasteiger partial charge < -0.3 is 10.1 Å². The average molecular weight is 319 g/mol. The summed E-state index contributed by atoms with van der Waals surface area (Å²) in [6.45, 7) is 7.62. The summed E-state index contributed by atoms with van der Waals surface area (Å²) in [4.78, 5) is 0. The Labute approximate surface area is 129 Å². The second-order valence-electron chi connectivity index (χ2n) is 6.42. The van der Waals surface area contributed by atoms with E-state index in [1.54, 1.807) is 15.7 Å². The van der Waals surface area contributed by atoms with Crippen LogP contribution in [0.25, 0.3) is 0 Å². The van der Waals surface area contributed by atoms with Gasteiger partial charge in [-0.3, -0.25) is 0 Å². The molecule has 0 aromatic carbocycles. The summed E-state index contributed by atoms with van der Waals surface area (Å²) in [7, 11) is -1.65. The molecule has 2 aliphatic heterocycles. The van der Waals surface area contributed by atoms with Crippen molar-refractivity contribution in [1.82, 2.24) is 13.9 Å². The van der Waals surface area contributed by atoms with Crippen LogP contribution in [0, 0.1) is 5.92 Å². The van der Waals surface area contributed by atoms with E-state index in [-0.39, 0.29) is 6.10 Å². The number of nitrogens with zero attached hydrogens (tertiary/aromatic N) is 2. The predicted octanol–water partition coefficient (Wildman–Crippen LogP) is 0.662. The predicted molar refractivity (Wildman–Crippen MR) is 83.3 cm³/mol. The van der Waals surface area contributed by atoms with Gasteiger partial charge in [0.05, 0.1) is 6.10 Å². The smallest absolute Gasteiger partial charge is 0.282 e. The largest absolute Gasteiger partial charge is 0.380 e. The van der Waals surface area contributed by atoms with Crippen LogP contribution in [0.1, 0.15) is 33.1 Å². The molecular formula is C14H29N3O3S. The molecule has 7 heteroatoms.